The van der Waals surface area contributed by atoms with E-state index < -0.39 is 29.4 Å². The molecule has 0 saturated heterocycles. The fraction of sp³-hybridized carbons (Fsp3) is 0.600. The predicted octanol–water partition coefficient (Wildman–Crippen LogP) is 0.220. The highest BCUT2D eigenvalue weighted by Crippen LogP contribution is 2.24. The number of carboxylic acids is 1. The SMILES string of the molecule is [3H][C@H](c1c(C(C)(C)C)o[nH]c1=O)C(N)C(=O)O. The van der Waals surface area contributed by atoms with Crippen LogP contribution >= 0.6 is 0 Å². The molecule has 0 bridgehead atoms. The lowest BCUT2D eigenvalue weighted by molar-refractivity contribution is -0.138. The Bertz CT molecular complexity index is 471. The van der Waals surface area contributed by atoms with Crippen LogP contribution in [0.4, 0.5) is 0 Å². The molecule has 1 heterocycles. The van der Waals surface area contributed by atoms with Crippen LogP contribution in [0.3, 0.4) is 0 Å². The highest BCUT2D eigenvalue weighted by molar-refractivity contribution is 5.73. The van der Waals surface area contributed by atoms with E-state index in [-0.39, 0.29) is 11.3 Å². The molecule has 1 aromatic rings. The van der Waals surface area contributed by atoms with Crippen LogP contribution in [0.25, 0.3) is 0 Å². The van der Waals surface area contributed by atoms with Crippen molar-refractivity contribution in [2.75, 3.05) is 0 Å². The second-order valence-corrected chi connectivity index (χ2v) is 4.56. The van der Waals surface area contributed by atoms with Gasteiger partial charge in [-0.25, -0.2) is 0 Å². The van der Waals surface area contributed by atoms with Crippen LogP contribution in [0.1, 0.15) is 33.5 Å². The van der Waals surface area contributed by atoms with Gasteiger partial charge < -0.3 is 15.4 Å². The molecule has 0 aliphatic carbocycles. The minimum Gasteiger partial charge on any atom is -0.480 e. The summed E-state index contributed by atoms with van der Waals surface area (Å²) in [5.41, 5.74) is 4.22. The Morgan fingerprint density at radius 1 is 1.69 bits per heavy atom. The van der Waals surface area contributed by atoms with E-state index in [1.807, 2.05) is 0 Å². The molecular weight excluding hydrogens is 212 g/mol. The molecule has 1 rings (SSSR count). The molecule has 6 nitrogen and oxygen atoms in total. The zero-order valence-electron chi connectivity index (χ0n) is 10.4. The fourth-order valence-corrected chi connectivity index (χ4v) is 1.27. The molecule has 0 fully saturated rings. The summed E-state index contributed by atoms with van der Waals surface area (Å²) in [7, 11) is 0. The van der Waals surface area contributed by atoms with Crippen LogP contribution in [0.15, 0.2) is 9.32 Å². The molecule has 0 saturated carbocycles. The number of hydrogen-bond donors (Lipinski definition) is 3. The van der Waals surface area contributed by atoms with Crippen molar-refractivity contribution in [2.45, 2.75) is 38.6 Å². The molecule has 4 N–H and O–H groups in total. The van der Waals surface area contributed by atoms with Crippen LogP contribution in [0.5, 0.6) is 0 Å². The van der Waals surface area contributed by atoms with Crippen molar-refractivity contribution in [2.24, 2.45) is 5.73 Å². The van der Waals surface area contributed by atoms with E-state index in [0.717, 1.165) is 0 Å². The van der Waals surface area contributed by atoms with E-state index >= 15 is 0 Å². The van der Waals surface area contributed by atoms with Crippen LogP contribution < -0.4 is 11.3 Å². The van der Waals surface area contributed by atoms with Crippen molar-refractivity contribution < 1.29 is 15.8 Å². The number of hydrogen-bond acceptors (Lipinski definition) is 4. The van der Waals surface area contributed by atoms with Gasteiger partial charge in [0.15, 0.2) is 0 Å². The molecule has 0 radical (unpaired) electrons. The maximum Gasteiger partial charge on any atom is 0.320 e. The van der Waals surface area contributed by atoms with Crippen LogP contribution in [0.2, 0.25) is 0 Å². The molecule has 0 aromatic carbocycles. The van der Waals surface area contributed by atoms with E-state index in [4.69, 9.17) is 16.7 Å². The zero-order valence-corrected chi connectivity index (χ0v) is 9.40. The van der Waals surface area contributed by atoms with Gasteiger partial charge >= 0.3 is 5.97 Å². The molecule has 0 aliphatic rings. The number of aromatic nitrogens is 1. The van der Waals surface area contributed by atoms with Crippen molar-refractivity contribution in [3.05, 3.63) is 21.7 Å². The normalized spacial score (nSPS) is 16.6. The Morgan fingerprint density at radius 2 is 2.25 bits per heavy atom. The Hall–Kier alpha value is -1.56. The molecule has 16 heavy (non-hydrogen) atoms. The highest BCUT2D eigenvalue weighted by Gasteiger charge is 2.27. The molecular formula is C10H16N2O4. The quantitative estimate of drug-likeness (QED) is 0.688. The summed E-state index contributed by atoms with van der Waals surface area (Å²) in [5.74, 6) is -1.07. The Kier molecular flexibility index (Phi) is 2.82. The van der Waals surface area contributed by atoms with Gasteiger partial charge in [0.1, 0.15) is 11.8 Å². The molecule has 6 heteroatoms. The van der Waals surface area contributed by atoms with E-state index in [2.05, 4.69) is 5.16 Å². The van der Waals surface area contributed by atoms with E-state index in [1.54, 1.807) is 20.8 Å². The third-order valence-electron chi connectivity index (χ3n) is 2.05. The number of carbonyl (C=O) groups is 1. The average molecular weight is 230 g/mol. The average Bonchev–Trinajstić information content (AvgIpc) is 2.57. The highest BCUT2D eigenvalue weighted by atomic mass is 16.5. The number of aliphatic carboxylic acids is 1. The summed E-state index contributed by atoms with van der Waals surface area (Å²) in [4.78, 5) is 22.3. The molecule has 1 unspecified atom stereocenters. The second-order valence-electron chi connectivity index (χ2n) is 4.56. The van der Waals surface area contributed by atoms with Crippen LogP contribution in [-0.4, -0.2) is 22.3 Å². The van der Waals surface area contributed by atoms with Gasteiger partial charge in [-0.05, 0) is 0 Å². The smallest absolute Gasteiger partial charge is 0.320 e. The minimum absolute atomic E-state index is 0.0209. The summed E-state index contributed by atoms with van der Waals surface area (Å²) >= 11 is 0. The molecule has 0 spiro atoms. The second kappa shape index (κ2) is 4.13. The summed E-state index contributed by atoms with van der Waals surface area (Å²) in [5, 5.41) is 10.9. The number of carboxylic acid groups (broad SMARTS) is 1. The number of aromatic amines is 1. The Labute approximate surface area is 93.8 Å². The molecule has 0 amide bonds. The van der Waals surface area contributed by atoms with Crippen LogP contribution in [0, 0.1) is 0 Å². The Morgan fingerprint density at radius 3 is 2.69 bits per heavy atom. The fourth-order valence-electron chi connectivity index (χ4n) is 1.27. The monoisotopic (exact) mass is 230 g/mol. The molecule has 1 aromatic heterocycles. The van der Waals surface area contributed by atoms with Gasteiger partial charge in [0.05, 0.1) is 5.56 Å². The maximum atomic E-state index is 11.5. The van der Waals surface area contributed by atoms with Gasteiger partial charge in [-0.1, -0.05) is 20.8 Å². The van der Waals surface area contributed by atoms with Crippen molar-refractivity contribution in [1.82, 2.24) is 5.16 Å². The first-order chi connectivity index (χ1) is 7.66. The summed E-state index contributed by atoms with van der Waals surface area (Å²) in [6, 6.07) is -1.46. The third-order valence-corrected chi connectivity index (χ3v) is 2.05. The third kappa shape index (κ3) is 2.52. The van der Waals surface area contributed by atoms with Crippen molar-refractivity contribution in [3.8, 4) is 0 Å². The maximum absolute atomic E-state index is 11.5. The predicted molar refractivity (Wildman–Crippen MR) is 57.3 cm³/mol. The summed E-state index contributed by atoms with van der Waals surface area (Å²) in [6.45, 7) is 5.38. The first-order valence-electron chi connectivity index (χ1n) is 5.36. The van der Waals surface area contributed by atoms with Crippen molar-refractivity contribution in [3.63, 3.8) is 0 Å². The summed E-state index contributed by atoms with van der Waals surface area (Å²) in [6.07, 6.45) is -1.36. The van der Waals surface area contributed by atoms with E-state index in [1.165, 1.54) is 0 Å². The molecule has 0 aliphatic heterocycles. The van der Waals surface area contributed by atoms with Crippen molar-refractivity contribution in [1.29, 1.82) is 0 Å². The van der Waals surface area contributed by atoms with Crippen LogP contribution in [-0.2, 0) is 16.6 Å². The van der Waals surface area contributed by atoms with Gasteiger partial charge in [-0.2, -0.15) is 5.16 Å². The summed E-state index contributed by atoms with van der Waals surface area (Å²) < 4.78 is 12.7. The number of rotatable bonds is 3. The molecule has 90 valence electrons. The van der Waals surface area contributed by atoms with Gasteiger partial charge in [-0.15, -0.1) is 0 Å². The Balaban J connectivity index is 3.27. The van der Waals surface area contributed by atoms with Crippen molar-refractivity contribution >= 4 is 5.97 Å². The topological polar surface area (TPSA) is 109 Å². The van der Waals surface area contributed by atoms with Gasteiger partial charge in [0.2, 0.25) is 0 Å². The number of nitrogens with two attached hydrogens (primary N) is 1. The first kappa shape index (κ1) is 10.9. The standard InChI is InChI=1S/C10H16N2O4/c1-10(2,3)7-5(8(13)12-16-7)4-6(11)9(14)15/h6H,4,11H2,1-3H3,(H,12,13)(H,14,15)/i4T/t4-,6?/m1/s1. The minimum atomic E-state index is -1.46. The zero-order chi connectivity index (χ0) is 13.4. The number of H-pyrrole nitrogens is 1. The first-order valence-corrected chi connectivity index (χ1v) is 4.78. The largest absolute Gasteiger partial charge is 0.480 e. The van der Waals surface area contributed by atoms with Gasteiger partial charge in [0, 0.05) is 13.2 Å². The lowest BCUT2D eigenvalue weighted by Crippen LogP contribution is -2.34. The lowest BCUT2D eigenvalue weighted by atomic mass is 9.89. The molecule has 2 atom stereocenters. The number of nitrogens with one attached hydrogen (secondary N) is 1. The van der Waals surface area contributed by atoms with Gasteiger partial charge in [-0.3, -0.25) is 9.59 Å². The van der Waals surface area contributed by atoms with E-state index in [0.29, 0.717) is 0 Å². The van der Waals surface area contributed by atoms with E-state index in [9.17, 15) is 9.59 Å². The lowest BCUT2D eigenvalue weighted by Gasteiger charge is -2.16. The van der Waals surface area contributed by atoms with Gasteiger partial charge in [0.25, 0.3) is 5.56 Å².